The second kappa shape index (κ2) is 7.94. The molecule has 3 rings (SSSR count). The first-order valence-corrected chi connectivity index (χ1v) is 10.4. The Morgan fingerprint density at radius 3 is 2.77 bits per heavy atom. The summed E-state index contributed by atoms with van der Waals surface area (Å²) < 4.78 is 32.7. The number of benzene rings is 1. The van der Waals surface area contributed by atoms with Gasteiger partial charge in [-0.15, -0.1) is 11.3 Å². The Balaban J connectivity index is 1.63. The maximum absolute atomic E-state index is 12.5. The molecule has 1 aromatic carbocycles. The van der Waals surface area contributed by atoms with Gasteiger partial charge in [-0.2, -0.15) is 0 Å². The van der Waals surface area contributed by atoms with Crippen LogP contribution in [0.15, 0.2) is 52.9 Å². The molecule has 0 saturated heterocycles. The fraction of sp³-hybridized carbons (Fsp3) is 0.222. The van der Waals surface area contributed by atoms with E-state index in [1.807, 2.05) is 23.6 Å². The summed E-state index contributed by atoms with van der Waals surface area (Å²) in [5.41, 5.74) is 2.30. The monoisotopic (exact) mass is 389 g/mol. The topological polar surface area (TPSA) is 81.2 Å². The maximum atomic E-state index is 12.5. The summed E-state index contributed by atoms with van der Waals surface area (Å²) in [7, 11) is -2.02. The van der Waals surface area contributed by atoms with Crippen molar-refractivity contribution in [1.29, 1.82) is 0 Å². The Kier molecular flexibility index (Phi) is 5.65. The molecule has 0 fully saturated rings. The van der Waals surface area contributed by atoms with Crippen LogP contribution in [0.25, 0.3) is 10.7 Å². The van der Waals surface area contributed by atoms with Crippen molar-refractivity contribution < 1.29 is 13.2 Å². The van der Waals surface area contributed by atoms with Gasteiger partial charge < -0.3 is 4.74 Å². The lowest BCUT2D eigenvalue weighted by Crippen LogP contribution is -2.26. The van der Waals surface area contributed by atoms with E-state index in [1.165, 1.54) is 11.3 Å². The molecular weight excluding hydrogens is 370 g/mol. The molecule has 0 atom stereocenters. The molecule has 0 radical (unpaired) electrons. The van der Waals surface area contributed by atoms with Crippen LogP contribution in [0.4, 0.5) is 0 Å². The van der Waals surface area contributed by atoms with E-state index in [1.54, 1.807) is 38.4 Å². The molecule has 1 N–H and O–H groups in total. The van der Waals surface area contributed by atoms with Crippen molar-refractivity contribution in [2.24, 2.45) is 0 Å². The number of methoxy groups -OCH3 is 1. The predicted molar refractivity (Wildman–Crippen MR) is 102 cm³/mol. The first-order chi connectivity index (χ1) is 12.5. The van der Waals surface area contributed by atoms with E-state index in [2.05, 4.69) is 14.7 Å². The molecule has 0 bridgehead atoms. The zero-order valence-corrected chi connectivity index (χ0v) is 16.1. The van der Waals surface area contributed by atoms with E-state index in [9.17, 15) is 8.42 Å². The third kappa shape index (κ3) is 4.27. The minimum Gasteiger partial charge on any atom is -0.497 e. The van der Waals surface area contributed by atoms with Crippen molar-refractivity contribution in [3.63, 3.8) is 0 Å². The summed E-state index contributed by atoms with van der Waals surface area (Å²) in [4.78, 5) is 9.04. The lowest BCUT2D eigenvalue weighted by Gasteiger charge is -2.10. The zero-order chi connectivity index (χ0) is 18.6. The highest BCUT2D eigenvalue weighted by Crippen LogP contribution is 2.22. The van der Waals surface area contributed by atoms with Gasteiger partial charge in [-0.25, -0.2) is 18.1 Å². The van der Waals surface area contributed by atoms with Gasteiger partial charge in [-0.05, 0) is 42.8 Å². The first-order valence-electron chi connectivity index (χ1n) is 8.00. The third-order valence-corrected chi connectivity index (χ3v) is 6.32. The Hall–Kier alpha value is -2.29. The number of aryl methyl sites for hydroxylation is 1. The summed E-state index contributed by atoms with van der Waals surface area (Å²) >= 11 is 1.50. The smallest absolute Gasteiger partial charge is 0.240 e. The number of aromatic nitrogens is 2. The number of ether oxygens (including phenoxy) is 1. The first kappa shape index (κ1) is 18.5. The summed E-state index contributed by atoms with van der Waals surface area (Å²) in [6.07, 6.45) is 2.24. The van der Waals surface area contributed by atoms with Crippen LogP contribution in [0.3, 0.4) is 0 Å². The third-order valence-electron chi connectivity index (χ3n) is 3.78. The highest BCUT2D eigenvalue weighted by atomic mass is 32.2. The van der Waals surface area contributed by atoms with Crippen molar-refractivity contribution in [3.05, 3.63) is 59.2 Å². The van der Waals surface area contributed by atoms with Crippen LogP contribution in [-0.2, 0) is 16.4 Å². The van der Waals surface area contributed by atoms with Crippen LogP contribution in [0.1, 0.15) is 11.3 Å². The molecule has 136 valence electrons. The van der Waals surface area contributed by atoms with E-state index < -0.39 is 10.0 Å². The van der Waals surface area contributed by atoms with Crippen LogP contribution < -0.4 is 9.46 Å². The summed E-state index contributed by atoms with van der Waals surface area (Å²) in [6.45, 7) is 2.02. The van der Waals surface area contributed by atoms with Gasteiger partial charge in [0.15, 0.2) is 0 Å². The van der Waals surface area contributed by atoms with Gasteiger partial charge in [0.25, 0.3) is 0 Å². The van der Waals surface area contributed by atoms with E-state index >= 15 is 0 Å². The molecule has 0 spiro atoms. The zero-order valence-electron chi connectivity index (χ0n) is 14.5. The Bertz CT molecular complexity index is 986. The van der Waals surface area contributed by atoms with Crippen molar-refractivity contribution >= 4 is 21.4 Å². The number of rotatable bonds is 7. The number of sulfonamides is 1. The Morgan fingerprint density at radius 1 is 1.23 bits per heavy atom. The van der Waals surface area contributed by atoms with E-state index in [0.29, 0.717) is 17.7 Å². The number of thiazole rings is 1. The predicted octanol–water partition coefficient (Wildman–Crippen LogP) is 3.04. The van der Waals surface area contributed by atoms with Crippen LogP contribution in [0, 0.1) is 6.92 Å². The molecule has 0 saturated carbocycles. The summed E-state index contributed by atoms with van der Waals surface area (Å²) in [6, 6.07) is 10.6. The van der Waals surface area contributed by atoms with Gasteiger partial charge in [0.1, 0.15) is 10.8 Å². The minimum absolute atomic E-state index is 0.255. The fourth-order valence-corrected chi connectivity index (χ4v) is 4.56. The SMILES string of the molecule is COc1ccc(S(=O)(=O)NCCc2csc(-c3ccccn3)n2)c(C)c1. The Labute approximate surface area is 157 Å². The van der Waals surface area contributed by atoms with Gasteiger partial charge in [-0.3, -0.25) is 4.98 Å². The van der Waals surface area contributed by atoms with E-state index in [4.69, 9.17) is 4.74 Å². The largest absolute Gasteiger partial charge is 0.497 e. The number of pyridine rings is 1. The second-order valence-corrected chi connectivity index (χ2v) is 8.23. The summed E-state index contributed by atoms with van der Waals surface area (Å²) in [5.74, 6) is 0.631. The molecule has 0 aliphatic rings. The highest BCUT2D eigenvalue weighted by molar-refractivity contribution is 7.89. The van der Waals surface area contributed by atoms with Gasteiger partial charge in [0.2, 0.25) is 10.0 Å². The standard InChI is InChI=1S/C18H19N3O3S2/c1-13-11-15(24-2)6-7-17(13)26(22,23)20-10-8-14-12-25-18(21-14)16-5-3-4-9-19-16/h3-7,9,11-12,20H,8,10H2,1-2H3. The number of hydrogen-bond acceptors (Lipinski definition) is 6. The fourth-order valence-electron chi connectivity index (χ4n) is 2.47. The molecule has 26 heavy (non-hydrogen) atoms. The number of nitrogens with one attached hydrogen (secondary N) is 1. The maximum Gasteiger partial charge on any atom is 0.240 e. The van der Waals surface area contributed by atoms with Crippen LogP contribution in [0.5, 0.6) is 5.75 Å². The molecule has 0 unspecified atom stereocenters. The molecule has 2 aromatic heterocycles. The van der Waals surface area contributed by atoms with Crippen LogP contribution in [-0.4, -0.2) is 32.0 Å². The number of nitrogens with zero attached hydrogens (tertiary/aromatic N) is 2. The normalized spacial score (nSPS) is 11.5. The molecular formula is C18H19N3O3S2. The van der Waals surface area contributed by atoms with Crippen LogP contribution >= 0.6 is 11.3 Å². The van der Waals surface area contributed by atoms with Gasteiger partial charge in [0, 0.05) is 24.5 Å². The quantitative estimate of drug-likeness (QED) is 0.672. The summed E-state index contributed by atoms with van der Waals surface area (Å²) in [5, 5.41) is 2.76. The lowest BCUT2D eigenvalue weighted by atomic mass is 10.2. The Morgan fingerprint density at radius 2 is 2.08 bits per heavy atom. The van der Waals surface area contributed by atoms with E-state index in [0.717, 1.165) is 16.4 Å². The molecule has 3 aromatic rings. The molecule has 8 heteroatoms. The van der Waals surface area contributed by atoms with Crippen molar-refractivity contribution in [3.8, 4) is 16.5 Å². The number of hydrogen-bond donors (Lipinski definition) is 1. The van der Waals surface area contributed by atoms with Gasteiger partial charge in [0.05, 0.1) is 23.4 Å². The highest BCUT2D eigenvalue weighted by Gasteiger charge is 2.17. The van der Waals surface area contributed by atoms with Gasteiger partial charge in [-0.1, -0.05) is 6.07 Å². The molecule has 0 aliphatic carbocycles. The van der Waals surface area contributed by atoms with Gasteiger partial charge >= 0.3 is 0 Å². The minimum atomic E-state index is -3.57. The molecule has 0 amide bonds. The average Bonchev–Trinajstić information content (AvgIpc) is 3.11. The van der Waals surface area contributed by atoms with Crippen molar-refractivity contribution in [1.82, 2.24) is 14.7 Å². The lowest BCUT2D eigenvalue weighted by molar-refractivity contribution is 0.414. The molecule has 6 nitrogen and oxygen atoms in total. The average molecular weight is 390 g/mol. The molecule has 2 heterocycles. The van der Waals surface area contributed by atoms with Crippen LogP contribution in [0.2, 0.25) is 0 Å². The van der Waals surface area contributed by atoms with Crippen molar-refractivity contribution in [2.45, 2.75) is 18.2 Å². The second-order valence-electron chi connectivity index (χ2n) is 5.64. The van der Waals surface area contributed by atoms with Crippen molar-refractivity contribution in [2.75, 3.05) is 13.7 Å². The molecule has 0 aliphatic heterocycles. The van der Waals surface area contributed by atoms with E-state index in [-0.39, 0.29) is 11.4 Å².